The summed E-state index contributed by atoms with van der Waals surface area (Å²) in [6.07, 6.45) is 6.14. The van der Waals surface area contributed by atoms with Crippen LogP contribution in [0.2, 0.25) is 0 Å². The standard InChI is InChI=1S/C12H14N2/c1-9-3-5-13-11(7-9)12-8-10(2)4-6-14-12/h3-5,7-8,14H,6H2,1-2H3. The van der Waals surface area contributed by atoms with E-state index in [1.807, 2.05) is 12.3 Å². The van der Waals surface area contributed by atoms with Gasteiger partial charge in [0.1, 0.15) is 0 Å². The monoisotopic (exact) mass is 186 g/mol. The number of allylic oxidation sites excluding steroid dienone is 2. The van der Waals surface area contributed by atoms with Gasteiger partial charge in [0, 0.05) is 12.7 Å². The molecule has 2 rings (SSSR count). The molecule has 0 saturated heterocycles. The predicted molar refractivity (Wildman–Crippen MR) is 58.7 cm³/mol. The first-order valence-electron chi connectivity index (χ1n) is 4.81. The normalized spacial score (nSPS) is 15.6. The average molecular weight is 186 g/mol. The molecule has 72 valence electrons. The van der Waals surface area contributed by atoms with Gasteiger partial charge in [0.25, 0.3) is 0 Å². The van der Waals surface area contributed by atoms with Gasteiger partial charge in [0.05, 0.1) is 11.4 Å². The third-order valence-electron chi connectivity index (χ3n) is 2.28. The molecule has 0 aliphatic carbocycles. The van der Waals surface area contributed by atoms with Gasteiger partial charge in [-0.15, -0.1) is 0 Å². The molecule has 2 heterocycles. The molecule has 1 aliphatic rings. The maximum absolute atomic E-state index is 4.34. The Bertz CT molecular complexity index is 403. The molecule has 0 atom stereocenters. The second-order valence-electron chi connectivity index (χ2n) is 3.61. The summed E-state index contributed by atoms with van der Waals surface area (Å²) in [6.45, 7) is 5.08. The van der Waals surface area contributed by atoms with Gasteiger partial charge in [-0.25, -0.2) is 0 Å². The van der Waals surface area contributed by atoms with E-state index in [4.69, 9.17) is 0 Å². The number of nitrogens with zero attached hydrogens (tertiary/aromatic N) is 1. The molecule has 1 N–H and O–H groups in total. The Morgan fingerprint density at radius 2 is 2.21 bits per heavy atom. The van der Waals surface area contributed by atoms with Gasteiger partial charge in [0.2, 0.25) is 0 Å². The zero-order valence-electron chi connectivity index (χ0n) is 8.54. The first-order valence-corrected chi connectivity index (χ1v) is 4.81. The van der Waals surface area contributed by atoms with E-state index in [9.17, 15) is 0 Å². The molecule has 14 heavy (non-hydrogen) atoms. The molecule has 0 aromatic carbocycles. The fraction of sp³-hybridized carbons (Fsp3) is 0.250. The molecule has 0 amide bonds. The van der Waals surface area contributed by atoms with E-state index in [0.717, 1.165) is 17.9 Å². The van der Waals surface area contributed by atoms with Crippen LogP contribution in [0.4, 0.5) is 0 Å². The van der Waals surface area contributed by atoms with Gasteiger partial charge in [0.15, 0.2) is 0 Å². The van der Waals surface area contributed by atoms with Crippen LogP contribution < -0.4 is 5.32 Å². The largest absolute Gasteiger partial charge is 0.380 e. The Morgan fingerprint density at radius 1 is 1.36 bits per heavy atom. The number of hydrogen-bond acceptors (Lipinski definition) is 2. The third kappa shape index (κ3) is 1.84. The molecular weight excluding hydrogens is 172 g/mol. The second kappa shape index (κ2) is 3.66. The van der Waals surface area contributed by atoms with Crippen molar-refractivity contribution in [2.75, 3.05) is 6.54 Å². The summed E-state index contributed by atoms with van der Waals surface area (Å²) in [5.74, 6) is 0. The van der Waals surface area contributed by atoms with Crippen molar-refractivity contribution in [2.24, 2.45) is 0 Å². The minimum atomic E-state index is 0.896. The second-order valence-corrected chi connectivity index (χ2v) is 3.61. The first-order chi connectivity index (χ1) is 6.75. The molecule has 2 heteroatoms. The lowest BCUT2D eigenvalue weighted by Gasteiger charge is -2.14. The summed E-state index contributed by atoms with van der Waals surface area (Å²) in [5.41, 5.74) is 4.68. The Kier molecular flexibility index (Phi) is 2.35. The van der Waals surface area contributed by atoms with Crippen LogP contribution in [0.5, 0.6) is 0 Å². The SMILES string of the molecule is CC1=CCNC(c2cc(C)ccn2)=C1. The molecular formula is C12H14N2. The number of nitrogens with one attached hydrogen (secondary N) is 1. The number of rotatable bonds is 1. The fourth-order valence-corrected chi connectivity index (χ4v) is 1.51. The van der Waals surface area contributed by atoms with Crippen LogP contribution in [-0.4, -0.2) is 11.5 Å². The molecule has 1 aliphatic heterocycles. The number of pyridine rings is 1. The topological polar surface area (TPSA) is 24.9 Å². The van der Waals surface area contributed by atoms with Crippen LogP contribution in [0, 0.1) is 6.92 Å². The molecule has 0 saturated carbocycles. The Labute approximate surface area is 84.4 Å². The highest BCUT2D eigenvalue weighted by molar-refractivity contribution is 5.65. The van der Waals surface area contributed by atoms with Crippen molar-refractivity contribution in [1.82, 2.24) is 10.3 Å². The quantitative estimate of drug-likeness (QED) is 0.727. The minimum absolute atomic E-state index is 0.896. The molecule has 0 bridgehead atoms. The van der Waals surface area contributed by atoms with Gasteiger partial charge in [-0.05, 0) is 37.6 Å². The van der Waals surface area contributed by atoms with Crippen molar-refractivity contribution in [3.05, 3.63) is 47.3 Å². The Morgan fingerprint density at radius 3 is 2.93 bits per heavy atom. The van der Waals surface area contributed by atoms with E-state index in [2.05, 4.69) is 42.4 Å². The van der Waals surface area contributed by atoms with Gasteiger partial charge >= 0.3 is 0 Å². The highest BCUT2D eigenvalue weighted by Gasteiger charge is 2.05. The number of aryl methyl sites for hydroxylation is 1. The number of hydrogen-bond donors (Lipinski definition) is 1. The molecule has 2 nitrogen and oxygen atoms in total. The Hall–Kier alpha value is -1.57. The van der Waals surface area contributed by atoms with Crippen molar-refractivity contribution in [3.63, 3.8) is 0 Å². The van der Waals surface area contributed by atoms with Crippen molar-refractivity contribution in [1.29, 1.82) is 0 Å². The van der Waals surface area contributed by atoms with E-state index >= 15 is 0 Å². The predicted octanol–water partition coefficient (Wildman–Crippen LogP) is 2.28. The maximum Gasteiger partial charge on any atom is 0.0863 e. The zero-order chi connectivity index (χ0) is 9.97. The van der Waals surface area contributed by atoms with Crippen LogP contribution in [0.15, 0.2) is 36.1 Å². The van der Waals surface area contributed by atoms with Gasteiger partial charge in [-0.3, -0.25) is 4.98 Å². The lowest BCUT2D eigenvalue weighted by Crippen LogP contribution is -2.16. The molecule has 0 radical (unpaired) electrons. The molecule has 0 unspecified atom stereocenters. The summed E-state index contributed by atoms with van der Waals surface area (Å²) < 4.78 is 0. The highest BCUT2D eigenvalue weighted by atomic mass is 14.9. The maximum atomic E-state index is 4.34. The van der Waals surface area contributed by atoms with E-state index in [0.29, 0.717) is 0 Å². The highest BCUT2D eigenvalue weighted by Crippen LogP contribution is 2.15. The third-order valence-corrected chi connectivity index (χ3v) is 2.28. The van der Waals surface area contributed by atoms with Gasteiger partial charge in [-0.2, -0.15) is 0 Å². The zero-order valence-corrected chi connectivity index (χ0v) is 8.54. The van der Waals surface area contributed by atoms with Gasteiger partial charge < -0.3 is 5.32 Å². The van der Waals surface area contributed by atoms with Crippen LogP contribution in [-0.2, 0) is 0 Å². The van der Waals surface area contributed by atoms with E-state index < -0.39 is 0 Å². The van der Waals surface area contributed by atoms with Crippen molar-refractivity contribution >= 4 is 5.70 Å². The van der Waals surface area contributed by atoms with Crippen molar-refractivity contribution in [2.45, 2.75) is 13.8 Å². The van der Waals surface area contributed by atoms with Crippen LogP contribution >= 0.6 is 0 Å². The van der Waals surface area contributed by atoms with Crippen LogP contribution in [0.3, 0.4) is 0 Å². The van der Waals surface area contributed by atoms with E-state index in [1.54, 1.807) is 0 Å². The van der Waals surface area contributed by atoms with Crippen LogP contribution in [0.1, 0.15) is 18.2 Å². The minimum Gasteiger partial charge on any atom is -0.380 e. The number of dihydropyridines is 1. The van der Waals surface area contributed by atoms with Gasteiger partial charge in [-0.1, -0.05) is 11.6 Å². The smallest absolute Gasteiger partial charge is 0.0863 e. The van der Waals surface area contributed by atoms with Crippen LogP contribution in [0.25, 0.3) is 5.70 Å². The lowest BCUT2D eigenvalue weighted by molar-refractivity contribution is 0.967. The molecule has 1 aromatic heterocycles. The first kappa shape index (κ1) is 9.00. The summed E-state index contributed by atoms with van der Waals surface area (Å²) in [7, 11) is 0. The van der Waals surface area contributed by atoms with E-state index in [1.165, 1.54) is 11.1 Å². The number of aromatic nitrogens is 1. The van der Waals surface area contributed by atoms with E-state index in [-0.39, 0.29) is 0 Å². The molecule has 0 fully saturated rings. The van der Waals surface area contributed by atoms with Crippen molar-refractivity contribution in [3.8, 4) is 0 Å². The molecule has 0 spiro atoms. The summed E-state index contributed by atoms with van der Waals surface area (Å²) in [6, 6.07) is 4.10. The molecule has 1 aromatic rings. The lowest BCUT2D eigenvalue weighted by atomic mass is 10.1. The summed E-state index contributed by atoms with van der Waals surface area (Å²) in [5, 5.41) is 3.32. The fourth-order valence-electron chi connectivity index (χ4n) is 1.51. The summed E-state index contributed by atoms with van der Waals surface area (Å²) >= 11 is 0. The Balaban J connectivity index is 2.36. The van der Waals surface area contributed by atoms with Crippen molar-refractivity contribution < 1.29 is 0 Å². The average Bonchev–Trinajstić information content (AvgIpc) is 2.18. The summed E-state index contributed by atoms with van der Waals surface area (Å²) in [4.78, 5) is 4.34.